The minimum absolute atomic E-state index is 0.0117. The van der Waals surface area contributed by atoms with Crippen molar-refractivity contribution in [3.05, 3.63) is 59.7 Å². The first-order valence-electron chi connectivity index (χ1n) is 11.6. The molecule has 178 valence electrons. The number of benzene rings is 2. The lowest BCUT2D eigenvalue weighted by atomic mass is 9.92. The van der Waals surface area contributed by atoms with Crippen LogP contribution in [0.3, 0.4) is 0 Å². The van der Waals surface area contributed by atoms with Crippen LogP contribution in [0.5, 0.6) is 0 Å². The van der Waals surface area contributed by atoms with E-state index in [4.69, 9.17) is 9.47 Å². The molecule has 8 heteroatoms. The average Bonchev–Trinajstić information content (AvgIpc) is 3.54. The van der Waals surface area contributed by atoms with Crippen LogP contribution in [0.2, 0.25) is 0 Å². The number of carbonyl (C=O) groups is 3. The van der Waals surface area contributed by atoms with Crippen LogP contribution in [-0.2, 0) is 19.1 Å². The molecule has 2 atom stereocenters. The van der Waals surface area contributed by atoms with Crippen LogP contribution in [0.15, 0.2) is 48.5 Å². The normalized spacial score (nSPS) is 25.6. The summed E-state index contributed by atoms with van der Waals surface area (Å²) in [6.45, 7) is 2.30. The molecule has 0 saturated carbocycles. The van der Waals surface area contributed by atoms with Crippen LogP contribution in [0.4, 0.5) is 4.79 Å². The van der Waals surface area contributed by atoms with Crippen LogP contribution >= 0.6 is 0 Å². The second kappa shape index (κ2) is 8.43. The summed E-state index contributed by atoms with van der Waals surface area (Å²) in [6, 6.07) is 16.1. The van der Waals surface area contributed by atoms with Gasteiger partial charge in [-0.1, -0.05) is 48.5 Å². The van der Waals surface area contributed by atoms with E-state index >= 15 is 0 Å². The van der Waals surface area contributed by atoms with Gasteiger partial charge in [0.25, 0.3) is 5.91 Å². The zero-order valence-electron chi connectivity index (χ0n) is 19.1. The van der Waals surface area contributed by atoms with E-state index in [1.54, 1.807) is 6.92 Å². The van der Waals surface area contributed by atoms with Crippen molar-refractivity contribution in [1.29, 1.82) is 0 Å². The van der Waals surface area contributed by atoms with Crippen molar-refractivity contribution in [2.45, 2.75) is 43.2 Å². The van der Waals surface area contributed by atoms with Crippen LogP contribution in [0, 0.1) is 0 Å². The van der Waals surface area contributed by atoms with E-state index in [0.717, 1.165) is 22.3 Å². The van der Waals surface area contributed by atoms with Gasteiger partial charge in [-0.15, -0.1) is 0 Å². The highest BCUT2D eigenvalue weighted by atomic mass is 16.6. The molecule has 2 fully saturated rings. The number of aliphatic carboxylic acids is 1. The third-order valence-electron chi connectivity index (χ3n) is 7.46. The highest BCUT2D eigenvalue weighted by molar-refractivity contribution is 5.95. The fraction of sp³-hybridized carbons (Fsp3) is 0.423. The third kappa shape index (κ3) is 3.53. The number of nitrogens with zero attached hydrogens (tertiary/aromatic N) is 1. The van der Waals surface area contributed by atoms with Crippen LogP contribution in [-0.4, -0.2) is 65.4 Å². The largest absolute Gasteiger partial charge is 0.480 e. The zero-order chi connectivity index (χ0) is 23.9. The van der Waals surface area contributed by atoms with E-state index in [2.05, 4.69) is 17.4 Å². The van der Waals surface area contributed by atoms with Crippen molar-refractivity contribution in [2.75, 3.05) is 26.4 Å². The highest BCUT2D eigenvalue weighted by Gasteiger charge is 2.54. The van der Waals surface area contributed by atoms with Crippen molar-refractivity contribution in [1.82, 2.24) is 10.2 Å². The Hall–Kier alpha value is -3.39. The van der Waals surface area contributed by atoms with Gasteiger partial charge in [0.2, 0.25) is 0 Å². The van der Waals surface area contributed by atoms with E-state index in [1.165, 1.54) is 4.90 Å². The minimum Gasteiger partial charge on any atom is -0.480 e. The summed E-state index contributed by atoms with van der Waals surface area (Å²) in [6.07, 6.45) is 0.520. The molecule has 2 aliphatic heterocycles. The standard InChI is InChI=1S/C26H28N2O6/c1-25(23(30)31)11-6-13-28(25)22(29)26(12-14-33-16-26)27-24(32)34-15-21-19-9-4-2-7-17(19)18-8-3-5-10-20(18)21/h2-5,7-10,21H,6,11-16H2,1H3,(H,27,32)(H,30,31)/t25-,26?/m1/s1. The number of hydrogen-bond donors (Lipinski definition) is 2. The molecule has 2 amide bonds. The molecule has 0 spiro atoms. The van der Waals surface area contributed by atoms with E-state index in [9.17, 15) is 19.5 Å². The average molecular weight is 465 g/mol. The SMILES string of the molecule is C[C@]1(C(=O)O)CCCN1C(=O)C1(NC(=O)OCC2c3ccccc3-c3ccccc32)CCOC1. The summed E-state index contributed by atoms with van der Waals surface area (Å²) < 4.78 is 11.1. The van der Waals surface area contributed by atoms with E-state index in [-0.39, 0.29) is 25.6 Å². The van der Waals surface area contributed by atoms with Gasteiger partial charge in [0.05, 0.1) is 6.61 Å². The molecule has 2 saturated heterocycles. The molecule has 34 heavy (non-hydrogen) atoms. The molecular weight excluding hydrogens is 436 g/mol. The van der Waals surface area contributed by atoms with Gasteiger partial charge < -0.3 is 24.8 Å². The van der Waals surface area contributed by atoms with E-state index in [0.29, 0.717) is 26.0 Å². The predicted molar refractivity (Wildman–Crippen MR) is 123 cm³/mol. The van der Waals surface area contributed by atoms with Gasteiger partial charge in [0, 0.05) is 25.5 Å². The number of rotatable bonds is 5. The summed E-state index contributed by atoms with van der Waals surface area (Å²) >= 11 is 0. The molecule has 1 unspecified atom stereocenters. The van der Waals surface area contributed by atoms with Gasteiger partial charge in [-0.3, -0.25) is 4.79 Å². The van der Waals surface area contributed by atoms with Gasteiger partial charge in [-0.2, -0.15) is 0 Å². The number of ether oxygens (including phenoxy) is 2. The Bertz CT molecular complexity index is 1100. The molecule has 0 radical (unpaired) electrons. The Morgan fingerprint density at radius 2 is 1.74 bits per heavy atom. The Morgan fingerprint density at radius 1 is 1.09 bits per heavy atom. The summed E-state index contributed by atoms with van der Waals surface area (Å²) in [5.74, 6) is -1.58. The molecule has 8 nitrogen and oxygen atoms in total. The summed E-state index contributed by atoms with van der Waals surface area (Å²) in [5, 5.41) is 12.5. The Balaban J connectivity index is 1.32. The van der Waals surface area contributed by atoms with Crippen LogP contribution in [0.1, 0.15) is 43.2 Å². The lowest BCUT2D eigenvalue weighted by molar-refractivity contribution is -0.158. The lowest BCUT2D eigenvalue weighted by Gasteiger charge is -2.38. The van der Waals surface area contributed by atoms with E-state index in [1.807, 2.05) is 36.4 Å². The topological polar surface area (TPSA) is 105 Å². The first kappa shape index (κ1) is 22.4. The van der Waals surface area contributed by atoms with Gasteiger partial charge in [0.15, 0.2) is 0 Å². The molecule has 2 aromatic carbocycles. The number of nitrogens with one attached hydrogen (secondary N) is 1. The Labute approximate surface area is 197 Å². The smallest absolute Gasteiger partial charge is 0.408 e. The second-order valence-corrected chi connectivity index (χ2v) is 9.47. The van der Waals surface area contributed by atoms with Crippen molar-refractivity contribution < 1.29 is 29.0 Å². The molecule has 0 aromatic heterocycles. The van der Waals surface area contributed by atoms with E-state index < -0.39 is 29.0 Å². The number of carboxylic acid groups (broad SMARTS) is 1. The molecule has 0 bridgehead atoms. The third-order valence-corrected chi connectivity index (χ3v) is 7.46. The fourth-order valence-corrected chi connectivity index (χ4v) is 5.49. The number of likely N-dealkylation sites (tertiary alicyclic amines) is 1. The molecular formula is C26H28N2O6. The first-order valence-corrected chi connectivity index (χ1v) is 11.6. The Morgan fingerprint density at radius 3 is 2.32 bits per heavy atom. The monoisotopic (exact) mass is 464 g/mol. The maximum Gasteiger partial charge on any atom is 0.408 e. The van der Waals surface area contributed by atoms with Crippen molar-refractivity contribution in [3.63, 3.8) is 0 Å². The molecule has 2 aromatic rings. The molecule has 2 heterocycles. The minimum atomic E-state index is -1.33. The molecule has 2 N–H and O–H groups in total. The van der Waals surface area contributed by atoms with Crippen molar-refractivity contribution in [2.24, 2.45) is 0 Å². The Kier molecular flexibility index (Phi) is 5.56. The highest BCUT2D eigenvalue weighted by Crippen LogP contribution is 2.44. The van der Waals surface area contributed by atoms with Gasteiger partial charge >= 0.3 is 12.1 Å². The van der Waals surface area contributed by atoms with Crippen molar-refractivity contribution in [3.8, 4) is 11.1 Å². The number of fused-ring (bicyclic) bond motifs is 3. The molecule has 1 aliphatic carbocycles. The van der Waals surface area contributed by atoms with Crippen LogP contribution < -0.4 is 5.32 Å². The summed E-state index contributed by atoms with van der Waals surface area (Å²) in [4.78, 5) is 39.7. The van der Waals surface area contributed by atoms with Gasteiger partial charge in [-0.05, 0) is 42.0 Å². The first-order chi connectivity index (χ1) is 16.4. The lowest BCUT2D eigenvalue weighted by Crippen LogP contribution is -2.64. The van der Waals surface area contributed by atoms with Crippen molar-refractivity contribution >= 4 is 18.0 Å². The van der Waals surface area contributed by atoms with Crippen LogP contribution in [0.25, 0.3) is 11.1 Å². The summed E-state index contributed by atoms with van der Waals surface area (Å²) in [5.41, 5.74) is 1.83. The van der Waals surface area contributed by atoms with Gasteiger partial charge in [0.1, 0.15) is 17.7 Å². The number of carboxylic acids is 1. The number of hydrogen-bond acceptors (Lipinski definition) is 5. The molecule has 3 aliphatic rings. The second-order valence-electron chi connectivity index (χ2n) is 9.47. The number of carbonyl (C=O) groups excluding carboxylic acids is 2. The maximum atomic E-state index is 13.5. The number of alkyl carbamates (subject to hydrolysis) is 1. The molecule has 5 rings (SSSR count). The predicted octanol–water partition coefficient (Wildman–Crippen LogP) is 3.15. The summed E-state index contributed by atoms with van der Waals surface area (Å²) in [7, 11) is 0. The quantitative estimate of drug-likeness (QED) is 0.704. The van der Waals surface area contributed by atoms with Gasteiger partial charge in [-0.25, -0.2) is 9.59 Å². The zero-order valence-corrected chi connectivity index (χ0v) is 19.1. The fourth-order valence-electron chi connectivity index (χ4n) is 5.49. The maximum absolute atomic E-state index is 13.5. The number of amides is 2.